The normalized spacial score (nSPS) is 13.1. The van der Waals surface area contributed by atoms with Crippen LogP contribution < -0.4 is 81.4 Å². The summed E-state index contributed by atoms with van der Waals surface area (Å²) in [5.74, 6) is -10.5. The molecule has 6 aromatic carbocycles. The molecule has 0 aliphatic rings. The van der Waals surface area contributed by atoms with Gasteiger partial charge in [-0.25, -0.2) is 9.97 Å². The number of hydrogen-bond acceptors (Lipinski definition) is 14. The monoisotopic (exact) mass is 1070 g/mol. The number of fused-ring (bicyclic) bond motifs is 3. The average Bonchev–Trinajstić information content (AvgIpc) is 3.55. The number of aliphatic hydroxyl groups is 1. The Kier molecular flexibility index (Phi) is 17.5. The number of carbonyl (C=O) groups excluding carboxylic acids is 6. The summed E-state index contributed by atoms with van der Waals surface area (Å²) >= 11 is 0. The topological polar surface area (TPSA) is 485 Å². The number of hydrogen-bond donors (Lipinski definition) is 19. The van der Waals surface area contributed by atoms with Crippen molar-refractivity contribution in [3.8, 4) is 11.4 Å². The first kappa shape index (κ1) is 55.6. The molecule has 7 aromatic rings. The van der Waals surface area contributed by atoms with Gasteiger partial charge in [0, 0.05) is 17.5 Å². The summed E-state index contributed by atoms with van der Waals surface area (Å²) in [5, 5.41) is 67.2. The van der Waals surface area contributed by atoms with Crippen LogP contribution in [0.1, 0.15) is 17.2 Å². The number of nitrogens with two attached hydrogens (primary N) is 5. The van der Waals surface area contributed by atoms with Crippen molar-refractivity contribution in [1.29, 1.82) is 21.6 Å². The van der Waals surface area contributed by atoms with E-state index in [0.717, 1.165) is 27.1 Å². The van der Waals surface area contributed by atoms with Gasteiger partial charge in [-0.15, -0.1) is 0 Å². The summed E-state index contributed by atoms with van der Waals surface area (Å²) in [6, 6.07) is 39.5. The Bertz CT molecular complexity index is 3440. The van der Waals surface area contributed by atoms with Crippen LogP contribution >= 0.6 is 0 Å². The highest BCUT2D eigenvalue weighted by atomic mass is 16.3. The van der Waals surface area contributed by atoms with Crippen LogP contribution in [0.3, 0.4) is 0 Å². The molecule has 0 bridgehead atoms. The van der Waals surface area contributed by atoms with Crippen molar-refractivity contribution in [2.24, 2.45) is 28.7 Å². The van der Waals surface area contributed by atoms with Crippen molar-refractivity contribution < 1.29 is 33.9 Å². The molecule has 0 fully saturated rings. The van der Waals surface area contributed by atoms with E-state index in [1.165, 1.54) is 17.0 Å². The highest BCUT2D eigenvalue weighted by molar-refractivity contribution is 6.04. The van der Waals surface area contributed by atoms with E-state index in [-0.39, 0.29) is 23.8 Å². The number of nitrogens with zero attached hydrogens (tertiary/aromatic N) is 3. The van der Waals surface area contributed by atoms with Gasteiger partial charge in [0.15, 0.2) is 54.3 Å². The van der Waals surface area contributed by atoms with E-state index in [0.29, 0.717) is 16.5 Å². The van der Waals surface area contributed by atoms with Crippen LogP contribution in [0.5, 0.6) is 0 Å². The second-order valence-corrected chi connectivity index (χ2v) is 17.3. The van der Waals surface area contributed by atoms with Crippen molar-refractivity contribution in [2.45, 2.75) is 43.5 Å². The smallest absolute Gasteiger partial charge is 0.271 e. The maximum atomic E-state index is 15.0. The number of guanidine groups is 4. The maximum Gasteiger partial charge on any atom is 0.271 e. The van der Waals surface area contributed by atoms with E-state index in [2.05, 4.69) is 42.5 Å². The van der Waals surface area contributed by atoms with E-state index in [1.54, 1.807) is 42.5 Å². The van der Waals surface area contributed by atoms with Gasteiger partial charge < -0.3 is 86.5 Å². The lowest BCUT2D eigenvalue weighted by molar-refractivity contribution is -0.136. The summed E-state index contributed by atoms with van der Waals surface area (Å²) < 4.78 is 0. The average molecular weight is 1070 g/mol. The largest absolute Gasteiger partial charge is 0.370 e. The zero-order valence-corrected chi connectivity index (χ0v) is 41.6. The highest BCUT2D eigenvalue weighted by Crippen LogP contribution is 2.34. The molecule has 79 heavy (non-hydrogen) atoms. The number of primary amides is 1. The second kappa shape index (κ2) is 24.9. The first-order chi connectivity index (χ1) is 37.8. The van der Waals surface area contributed by atoms with E-state index >= 15 is 0 Å². The zero-order valence-electron chi connectivity index (χ0n) is 41.6. The van der Waals surface area contributed by atoms with Gasteiger partial charge in [0.1, 0.15) is 11.9 Å². The molecule has 6 amide bonds. The number of aliphatic hydroxyl groups excluding tert-OH is 1. The molecule has 0 aliphatic carbocycles. The number of nitrogens with one attached hydrogen (secondary N) is 13. The molecule has 0 radical (unpaired) electrons. The minimum Gasteiger partial charge on any atom is -0.370 e. The van der Waals surface area contributed by atoms with Crippen molar-refractivity contribution in [2.75, 3.05) is 4.90 Å². The van der Waals surface area contributed by atoms with Gasteiger partial charge in [-0.1, -0.05) is 121 Å². The third-order valence-electron chi connectivity index (χ3n) is 11.7. The molecule has 6 atom stereocenters. The van der Waals surface area contributed by atoms with Gasteiger partial charge in [0.25, 0.3) is 29.5 Å². The number of aromatic nitrogens is 2. The molecular weight excluding hydrogens is 1020 g/mol. The molecule has 406 valence electrons. The van der Waals surface area contributed by atoms with Gasteiger partial charge in [0.2, 0.25) is 12.1 Å². The molecule has 7 rings (SSSR count). The fourth-order valence-corrected chi connectivity index (χ4v) is 8.23. The van der Waals surface area contributed by atoms with Gasteiger partial charge in [-0.3, -0.25) is 50.4 Å². The summed E-state index contributed by atoms with van der Waals surface area (Å²) in [4.78, 5) is 93.8. The molecule has 6 unspecified atom stereocenters. The number of anilines is 1. The lowest BCUT2D eigenvalue weighted by Crippen LogP contribution is -2.68. The number of para-hydroxylation sites is 1. The van der Waals surface area contributed by atoms with Crippen molar-refractivity contribution >= 4 is 97.5 Å². The van der Waals surface area contributed by atoms with E-state index in [9.17, 15) is 33.9 Å². The van der Waals surface area contributed by atoms with Crippen LogP contribution in [0, 0.1) is 21.6 Å². The maximum absolute atomic E-state index is 15.0. The van der Waals surface area contributed by atoms with Crippen LogP contribution in [-0.2, 0) is 35.3 Å². The first-order valence-corrected chi connectivity index (χ1v) is 23.7. The van der Waals surface area contributed by atoms with Crippen LogP contribution in [-0.4, -0.2) is 105 Å². The van der Waals surface area contributed by atoms with E-state index in [1.807, 2.05) is 90.2 Å². The quantitative estimate of drug-likeness (QED) is 0.0160. The van der Waals surface area contributed by atoms with Gasteiger partial charge >= 0.3 is 0 Å². The summed E-state index contributed by atoms with van der Waals surface area (Å²) in [6.07, 6.45) is -10.1. The molecular formula is C51H55N21O7. The Morgan fingerprint density at radius 1 is 0.468 bits per heavy atom. The fourth-order valence-electron chi connectivity index (χ4n) is 8.23. The fraction of sp³-hybridized carbons (Fsp3) is 0.137. The number of amides is 6. The minimum atomic E-state index is -2.11. The Morgan fingerprint density at radius 2 is 0.886 bits per heavy atom. The zero-order chi connectivity index (χ0) is 56.9. The van der Waals surface area contributed by atoms with E-state index in [4.69, 9.17) is 60.3 Å². The molecule has 28 nitrogen and oxygen atoms in total. The molecule has 1 aromatic heterocycles. The molecule has 0 aliphatic heterocycles. The van der Waals surface area contributed by atoms with Crippen LogP contribution in [0.2, 0.25) is 0 Å². The van der Waals surface area contributed by atoms with Crippen molar-refractivity contribution in [3.05, 3.63) is 151 Å². The van der Waals surface area contributed by atoms with Gasteiger partial charge in [0.05, 0.1) is 5.52 Å². The molecule has 0 spiro atoms. The minimum absolute atomic E-state index is 0.122. The Balaban J connectivity index is 1.22. The van der Waals surface area contributed by atoms with Gasteiger partial charge in [-0.05, 0) is 50.9 Å². The summed E-state index contributed by atoms with van der Waals surface area (Å²) in [6.45, 7) is -0.122. The predicted octanol–water partition coefficient (Wildman–Crippen LogP) is -2.03. The molecule has 0 saturated carbocycles. The van der Waals surface area contributed by atoms with E-state index < -0.39 is 96.2 Å². The summed E-state index contributed by atoms with van der Waals surface area (Å²) in [7, 11) is 0. The van der Waals surface area contributed by atoms with Crippen molar-refractivity contribution in [3.63, 3.8) is 0 Å². The lowest BCUT2D eigenvalue weighted by atomic mass is 9.96. The SMILES string of the molecule is N=C(N)NC(NC(=O)C(NC(=N)N)NC(=O)C(NC(=N)N)NC(=O)C(NC(=N)N)NC(=O)C(NC(=O)C(O)N(Cc1c2ccccc2cc2ccccc12)c1nc(-c2ccccc2)nc2ccccc12)c1ccccc1)C(N)=O. The molecule has 24 N–H and O–H groups in total. The molecule has 28 heteroatoms. The van der Waals surface area contributed by atoms with Gasteiger partial charge in [-0.2, -0.15) is 0 Å². The Labute approximate surface area is 448 Å². The Morgan fingerprint density at radius 3 is 1.38 bits per heavy atom. The standard InChI is InChI=1S/C51H55N21O7/c52-35(73)37(68-48(53)54)64-43(75)39(70-50(57)58)66-45(77)40(71-51(59)60)67-44(76)38(69-49(55)56)65-42(74)34(25-13-3-1-4-14-25)62-46(78)47(79)72(24-32-29-19-9-7-17-27(29)23-28-18-8-10-20-30(28)32)41-31-21-11-12-22-33(31)61-36(63-41)26-15-5-2-6-16-26/h1-23,34,37-40,47,79H,24H2,(H2,52,73)(H,62,78)(H,64,75)(H,65,74)(H,66,77)(H,67,76)(H4,53,54,68)(H4,55,56,69)(H4,57,58,70)(H4,59,60,71). The van der Waals surface area contributed by atoms with Crippen LogP contribution in [0.25, 0.3) is 43.8 Å². The summed E-state index contributed by atoms with van der Waals surface area (Å²) in [5.41, 5.74) is 29.2. The number of carbonyl (C=O) groups is 6. The third-order valence-corrected chi connectivity index (χ3v) is 11.7. The first-order valence-electron chi connectivity index (χ1n) is 23.7. The lowest BCUT2D eigenvalue weighted by Gasteiger charge is -2.32. The number of rotatable bonds is 21. The molecule has 1 heterocycles. The predicted molar refractivity (Wildman–Crippen MR) is 293 cm³/mol. The van der Waals surface area contributed by atoms with Crippen LogP contribution in [0.4, 0.5) is 5.82 Å². The third kappa shape index (κ3) is 14.0. The Hall–Kier alpha value is -11.2. The molecule has 0 saturated heterocycles. The second-order valence-electron chi connectivity index (χ2n) is 17.3. The van der Waals surface area contributed by atoms with Crippen LogP contribution in [0.15, 0.2) is 140 Å². The van der Waals surface area contributed by atoms with Crippen molar-refractivity contribution in [1.82, 2.24) is 57.8 Å². The highest BCUT2D eigenvalue weighted by Gasteiger charge is 2.36. The number of benzene rings is 6.